The highest BCUT2D eigenvalue weighted by Crippen LogP contribution is 2.20. The summed E-state index contributed by atoms with van der Waals surface area (Å²) in [5.74, 6) is 2.69. The fourth-order valence-corrected chi connectivity index (χ4v) is 3.11. The highest BCUT2D eigenvalue weighted by molar-refractivity contribution is 5.44. The van der Waals surface area contributed by atoms with Crippen LogP contribution in [0.3, 0.4) is 0 Å². The Morgan fingerprint density at radius 3 is 2.71 bits per heavy atom. The monoisotopic (exact) mass is 326 g/mol. The highest BCUT2D eigenvalue weighted by atomic mass is 16.5. The minimum absolute atomic E-state index is 0.816. The number of hydrogen-bond donors (Lipinski definition) is 1. The van der Waals surface area contributed by atoms with E-state index in [9.17, 15) is 0 Å². The van der Waals surface area contributed by atoms with Crippen molar-refractivity contribution in [2.75, 3.05) is 37.0 Å². The van der Waals surface area contributed by atoms with Crippen LogP contribution in [0.15, 0.2) is 30.3 Å². The van der Waals surface area contributed by atoms with Crippen LogP contribution < -0.4 is 15.0 Å². The highest BCUT2D eigenvalue weighted by Gasteiger charge is 2.14. The van der Waals surface area contributed by atoms with Crippen LogP contribution in [0, 0.1) is 6.92 Å². The lowest BCUT2D eigenvalue weighted by Crippen LogP contribution is -2.31. The molecular formula is C19H26N4O. The van der Waals surface area contributed by atoms with E-state index in [0.29, 0.717) is 0 Å². The molecule has 0 atom stereocenters. The Labute approximate surface area is 144 Å². The van der Waals surface area contributed by atoms with E-state index >= 15 is 0 Å². The van der Waals surface area contributed by atoms with Crippen LogP contribution in [0.2, 0.25) is 0 Å². The predicted octanol–water partition coefficient (Wildman–Crippen LogP) is 3.44. The summed E-state index contributed by atoms with van der Waals surface area (Å²) in [6.45, 7) is 4.96. The summed E-state index contributed by atoms with van der Waals surface area (Å²) < 4.78 is 5.41. The summed E-state index contributed by atoms with van der Waals surface area (Å²) in [4.78, 5) is 11.6. The molecule has 0 aliphatic carbocycles. The van der Waals surface area contributed by atoms with Gasteiger partial charge in [0.2, 0.25) is 5.95 Å². The standard InChI is InChI=1S/C19H26N4O/c1-15-14-18(22-19(21-15)23-12-6-3-7-13-23)20-11-10-16-8-4-5-9-17(16)24-2/h4-5,8-9,14H,3,6-7,10-13H2,1-2H3,(H,20,21,22). The molecule has 3 rings (SSSR count). The summed E-state index contributed by atoms with van der Waals surface area (Å²) >= 11 is 0. The Morgan fingerprint density at radius 2 is 1.92 bits per heavy atom. The topological polar surface area (TPSA) is 50.3 Å². The molecular weight excluding hydrogens is 300 g/mol. The number of piperidine rings is 1. The van der Waals surface area contributed by atoms with Gasteiger partial charge in [-0.05, 0) is 44.2 Å². The molecule has 5 heteroatoms. The lowest BCUT2D eigenvalue weighted by Gasteiger charge is -2.27. The summed E-state index contributed by atoms with van der Waals surface area (Å²) in [6.07, 6.45) is 4.67. The van der Waals surface area contributed by atoms with Crippen LogP contribution >= 0.6 is 0 Å². The number of ether oxygens (including phenoxy) is 1. The molecule has 0 amide bonds. The number of rotatable bonds is 6. The van der Waals surface area contributed by atoms with Crippen molar-refractivity contribution in [2.24, 2.45) is 0 Å². The Bertz CT molecular complexity index is 668. The second kappa shape index (κ2) is 7.99. The van der Waals surface area contributed by atoms with Gasteiger partial charge in [0.25, 0.3) is 0 Å². The molecule has 0 saturated carbocycles. The van der Waals surface area contributed by atoms with Gasteiger partial charge in [-0.15, -0.1) is 0 Å². The fourth-order valence-electron chi connectivity index (χ4n) is 3.11. The van der Waals surface area contributed by atoms with E-state index in [0.717, 1.165) is 49.3 Å². The van der Waals surface area contributed by atoms with Gasteiger partial charge >= 0.3 is 0 Å². The van der Waals surface area contributed by atoms with E-state index in [1.807, 2.05) is 31.2 Å². The molecule has 24 heavy (non-hydrogen) atoms. The summed E-state index contributed by atoms with van der Waals surface area (Å²) in [5, 5.41) is 3.43. The molecule has 2 heterocycles. The Balaban J connectivity index is 1.63. The van der Waals surface area contributed by atoms with Gasteiger partial charge in [0.05, 0.1) is 7.11 Å². The molecule has 0 unspecified atom stereocenters. The largest absolute Gasteiger partial charge is 0.496 e. The first-order valence-corrected chi connectivity index (χ1v) is 8.72. The number of benzene rings is 1. The number of methoxy groups -OCH3 is 1. The number of aromatic nitrogens is 2. The zero-order valence-electron chi connectivity index (χ0n) is 14.6. The van der Waals surface area contributed by atoms with Crippen LogP contribution in [0.1, 0.15) is 30.5 Å². The molecule has 1 aliphatic rings. The quantitative estimate of drug-likeness (QED) is 0.881. The smallest absolute Gasteiger partial charge is 0.227 e. The van der Waals surface area contributed by atoms with E-state index in [4.69, 9.17) is 9.72 Å². The maximum atomic E-state index is 5.41. The lowest BCUT2D eigenvalue weighted by molar-refractivity contribution is 0.410. The maximum absolute atomic E-state index is 5.41. The number of anilines is 2. The van der Waals surface area contributed by atoms with Crippen molar-refractivity contribution in [2.45, 2.75) is 32.6 Å². The van der Waals surface area contributed by atoms with E-state index in [1.165, 1.54) is 24.8 Å². The lowest BCUT2D eigenvalue weighted by atomic mass is 10.1. The van der Waals surface area contributed by atoms with Gasteiger partial charge in [0.1, 0.15) is 11.6 Å². The van der Waals surface area contributed by atoms with Crippen molar-refractivity contribution in [3.8, 4) is 5.75 Å². The molecule has 1 fully saturated rings. The fraction of sp³-hybridized carbons (Fsp3) is 0.474. The van der Waals surface area contributed by atoms with Crippen LogP contribution in [-0.2, 0) is 6.42 Å². The number of nitrogens with zero attached hydrogens (tertiary/aromatic N) is 3. The van der Waals surface area contributed by atoms with Crippen molar-refractivity contribution in [1.29, 1.82) is 0 Å². The van der Waals surface area contributed by atoms with Gasteiger partial charge in [-0.2, -0.15) is 4.98 Å². The van der Waals surface area contributed by atoms with Crippen molar-refractivity contribution in [3.63, 3.8) is 0 Å². The summed E-state index contributed by atoms with van der Waals surface area (Å²) in [5.41, 5.74) is 2.21. The SMILES string of the molecule is COc1ccccc1CCNc1cc(C)nc(N2CCCCC2)n1. The average Bonchev–Trinajstić information content (AvgIpc) is 2.62. The van der Waals surface area contributed by atoms with Crippen LogP contribution in [0.4, 0.5) is 11.8 Å². The first-order chi connectivity index (χ1) is 11.8. The second-order valence-corrected chi connectivity index (χ2v) is 6.23. The van der Waals surface area contributed by atoms with Crippen LogP contribution in [0.5, 0.6) is 5.75 Å². The first kappa shape index (κ1) is 16.6. The molecule has 1 saturated heterocycles. The van der Waals surface area contributed by atoms with Crippen LogP contribution in [-0.4, -0.2) is 36.7 Å². The average molecular weight is 326 g/mol. The third kappa shape index (κ3) is 4.16. The number of para-hydroxylation sites is 1. The number of aryl methyl sites for hydroxylation is 1. The Kier molecular flexibility index (Phi) is 5.51. The van der Waals surface area contributed by atoms with Gasteiger partial charge in [-0.25, -0.2) is 4.98 Å². The molecule has 1 aliphatic heterocycles. The summed E-state index contributed by atoms with van der Waals surface area (Å²) in [7, 11) is 1.71. The minimum atomic E-state index is 0.816. The molecule has 2 aromatic rings. The van der Waals surface area contributed by atoms with Crippen molar-refractivity contribution < 1.29 is 4.74 Å². The zero-order valence-corrected chi connectivity index (χ0v) is 14.6. The maximum Gasteiger partial charge on any atom is 0.227 e. The molecule has 0 radical (unpaired) electrons. The van der Waals surface area contributed by atoms with E-state index < -0.39 is 0 Å². The zero-order chi connectivity index (χ0) is 16.8. The normalized spacial score (nSPS) is 14.5. The molecule has 1 aromatic carbocycles. The van der Waals surface area contributed by atoms with E-state index in [-0.39, 0.29) is 0 Å². The second-order valence-electron chi connectivity index (χ2n) is 6.23. The predicted molar refractivity (Wildman–Crippen MR) is 98.0 cm³/mol. The third-order valence-corrected chi connectivity index (χ3v) is 4.37. The van der Waals surface area contributed by atoms with Crippen molar-refractivity contribution in [1.82, 2.24) is 9.97 Å². The Hall–Kier alpha value is -2.30. The molecule has 1 N–H and O–H groups in total. The van der Waals surface area contributed by atoms with Gasteiger partial charge in [-0.1, -0.05) is 18.2 Å². The summed E-state index contributed by atoms with van der Waals surface area (Å²) in [6, 6.07) is 10.1. The van der Waals surface area contributed by atoms with Crippen molar-refractivity contribution in [3.05, 3.63) is 41.6 Å². The van der Waals surface area contributed by atoms with Crippen molar-refractivity contribution >= 4 is 11.8 Å². The first-order valence-electron chi connectivity index (χ1n) is 8.72. The van der Waals surface area contributed by atoms with Gasteiger partial charge in [0, 0.05) is 31.4 Å². The van der Waals surface area contributed by atoms with Crippen LogP contribution in [0.25, 0.3) is 0 Å². The van der Waals surface area contributed by atoms with E-state index in [1.54, 1.807) is 7.11 Å². The molecule has 5 nitrogen and oxygen atoms in total. The molecule has 128 valence electrons. The number of nitrogens with one attached hydrogen (secondary N) is 1. The minimum Gasteiger partial charge on any atom is -0.496 e. The molecule has 0 spiro atoms. The van der Waals surface area contributed by atoms with E-state index in [2.05, 4.69) is 21.3 Å². The number of hydrogen-bond acceptors (Lipinski definition) is 5. The van der Waals surface area contributed by atoms with Gasteiger partial charge in [-0.3, -0.25) is 0 Å². The molecule has 0 bridgehead atoms. The Morgan fingerprint density at radius 1 is 1.12 bits per heavy atom. The van der Waals surface area contributed by atoms with Gasteiger partial charge < -0.3 is 15.0 Å². The van der Waals surface area contributed by atoms with Gasteiger partial charge in [0.15, 0.2) is 0 Å². The third-order valence-electron chi connectivity index (χ3n) is 4.37. The molecule has 1 aromatic heterocycles.